The second-order valence-electron chi connectivity index (χ2n) is 17.4. The number of amides is 3. The molecule has 0 spiro atoms. The number of nitrogens with one attached hydrogen (secondary N) is 3. The van der Waals surface area contributed by atoms with Crippen molar-refractivity contribution >= 4 is 38.1 Å². The van der Waals surface area contributed by atoms with Crippen molar-refractivity contribution in [3.63, 3.8) is 0 Å². The first kappa shape index (κ1) is 45.4. The Morgan fingerprint density at radius 1 is 1.02 bits per heavy atom. The van der Waals surface area contributed by atoms with Crippen LogP contribution in [0.15, 0.2) is 61.7 Å². The number of carbonyl (C=O) groups excluding carboxylic acids is 4. The third kappa shape index (κ3) is 11.9. The molecule has 0 aromatic heterocycles. The summed E-state index contributed by atoms with van der Waals surface area (Å²) in [5.41, 5.74) is 7.04. The summed E-state index contributed by atoms with van der Waals surface area (Å²) in [5.74, 6) is -1.74. The molecule has 1 fully saturated rings. The zero-order valence-corrected chi connectivity index (χ0v) is 36.6. The van der Waals surface area contributed by atoms with Gasteiger partial charge in [0.1, 0.15) is 30.0 Å². The van der Waals surface area contributed by atoms with Crippen LogP contribution in [0.25, 0.3) is 6.08 Å². The zero-order valence-electron chi connectivity index (χ0n) is 35.6. The normalized spacial score (nSPS) is 19.1. The molecule has 3 amide bonds. The van der Waals surface area contributed by atoms with Crippen LogP contribution in [0.3, 0.4) is 0 Å². The Labute approximate surface area is 341 Å². The van der Waals surface area contributed by atoms with Gasteiger partial charge in [-0.25, -0.2) is 5.43 Å². The number of nitrogens with zero attached hydrogens (tertiary/aromatic N) is 1. The number of aryl methyl sites for hydroxylation is 1. The number of carbonyl (C=O) groups is 4. The Morgan fingerprint density at radius 2 is 1.75 bits per heavy atom. The molecule has 312 valence electrons. The van der Waals surface area contributed by atoms with Gasteiger partial charge in [0.2, 0.25) is 20.1 Å². The van der Waals surface area contributed by atoms with E-state index in [-0.39, 0.29) is 35.5 Å². The van der Waals surface area contributed by atoms with E-state index in [9.17, 15) is 19.2 Å². The SMILES string of the molecule is C=CCCC(OC)C(C)C(=O)NC(C(=O)NC(Cc1cccc(O[Si](C)(C)C(C)(C)C)c1)C(=O)N1CCCC(C(=O)OC2CCc3ccc(C=C)cc32)N1)C(C)C. The summed E-state index contributed by atoms with van der Waals surface area (Å²) >= 11 is 0. The van der Waals surface area contributed by atoms with Crippen LogP contribution in [0.1, 0.15) is 102 Å². The lowest BCUT2D eigenvalue weighted by Gasteiger charge is -2.37. The molecular weight excluding hydrogens is 737 g/mol. The number of allylic oxidation sites excluding steroid dienone is 1. The van der Waals surface area contributed by atoms with Gasteiger partial charge >= 0.3 is 5.97 Å². The topological polar surface area (TPSA) is 135 Å². The fourth-order valence-electron chi connectivity index (χ4n) is 7.08. The zero-order chi connectivity index (χ0) is 42.1. The summed E-state index contributed by atoms with van der Waals surface area (Å²) in [6, 6.07) is 11.0. The molecule has 2 aliphatic rings. The van der Waals surface area contributed by atoms with Crippen molar-refractivity contribution in [3.8, 4) is 5.75 Å². The standard InChI is InChI=1S/C45H66N4O7Si/c1-12-14-20-38(54-9)30(5)41(50)47-40(29(3)4)42(51)46-37(28-32-17-15-18-34(26-32)56-57(10,11)45(6,7)8)43(52)49-25-16-19-36(48-49)44(53)55-39-24-23-33-22-21-31(13-2)27-35(33)39/h12-13,15,17-18,21-22,26-27,29-30,36-40,48H,1-2,14,16,19-20,23-25,28H2,3-11H3,(H,46,51)(H,47,50). The van der Waals surface area contributed by atoms with Gasteiger partial charge in [-0.05, 0) is 103 Å². The van der Waals surface area contributed by atoms with Gasteiger partial charge in [0, 0.05) is 20.1 Å². The van der Waals surface area contributed by atoms with E-state index in [0.717, 1.165) is 28.7 Å². The Hall–Kier alpha value is -4.26. The summed E-state index contributed by atoms with van der Waals surface area (Å²) in [6.07, 6.45) is 6.84. The van der Waals surface area contributed by atoms with Crippen molar-refractivity contribution in [3.05, 3.63) is 84.0 Å². The first-order valence-corrected chi connectivity index (χ1v) is 23.4. The maximum absolute atomic E-state index is 14.5. The molecule has 6 unspecified atom stereocenters. The second kappa shape index (κ2) is 19.9. The predicted molar refractivity (Wildman–Crippen MR) is 228 cm³/mol. The minimum atomic E-state index is -2.17. The second-order valence-corrected chi connectivity index (χ2v) is 22.1. The molecule has 1 saturated heterocycles. The number of fused-ring (bicyclic) bond motifs is 1. The summed E-state index contributed by atoms with van der Waals surface area (Å²) in [6.45, 7) is 24.3. The lowest BCUT2D eigenvalue weighted by atomic mass is 9.96. The highest BCUT2D eigenvalue weighted by Gasteiger charge is 2.40. The van der Waals surface area contributed by atoms with E-state index in [0.29, 0.717) is 44.4 Å². The third-order valence-electron chi connectivity index (χ3n) is 11.7. The van der Waals surface area contributed by atoms with Crippen molar-refractivity contribution in [2.75, 3.05) is 13.7 Å². The van der Waals surface area contributed by atoms with E-state index in [4.69, 9.17) is 13.9 Å². The summed E-state index contributed by atoms with van der Waals surface area (Å²) in [5, 5.41) is 7.34. The maximum Gasteiger partial charge on any atom is 0.325 e. The van der Waals surface area contributed by atoms with Crippen LogP contribution in [0.4, 0.5) is 0 Å². The molecule has 2 aromatic carbocycles. The average molecular weight is 803 g/mol. The first-order chi connectivity index (χ1) is 26.9. The third-order valence-corrected chi connectivity index (χ3v) is 16.1. The highest BCUT2D eigenvalue weighted by atomic mass is 28.4. The fraction of sp³-hybridized carbons (Fsp3) is 0.556. The minimum absolute atomic E-state index is 0.0223. The molecule has 6 atom stereocenters. The highest BCUT2D eigenvalue weighted by molar-refractivity contribution is 6.74. The van der Waals surface area contributed by atoms with Crippen LogP contribution in [-0.4, -0.2) is 74.9 Å². The van der Waals surface area contributed by atoms with E-state index < -0.39 is 50.1 Å². The Bertz CT molecular complexity index is 1750. The van der Waals surface area contributed by atoms with Crippen LogP contribution in [0, 0.1) is 11.8 Å². The number of benzene rings is 2. The maximum atomic E-state index is 14.5. The predicted octanol–water partition coefficient (Wildman–Crippen LogP) is 7.23. The molecule has 11 nitrogen and oxygen atoms in total. The average Bonchev–Trinajstić information content (AvgIpc) is 3.57. The molecular formula is C45H66N4O7Si. The van der Waals surface area contributed by atoms with Crippen LogP contribution in [0.2, 0.25) is 18.1 Å². The molecule has 1 heterocycles. The Morgan fingerprint density at radius 3 is 2.40 bits per heavy atom. The molecule has 57 heavy (non-hydrogen) atoms. The molecule has 0 saturated carbocycles. The minimum Gasteiger partial charge on any atom is -0.543 e. The van der Waals surface area contributed by atoms with Gasteiger partial charge in [-0.3, -0.25) is 24.2 Å². The van der Waals surface area contributed by atoms with Crippen molar-refractivity contribution in [2.24, 2.45) is 11.8 Å². The number of ether oxygens (including phenoxy) is 2. The van der Waals surface area contributed by atoms with Gasteiger partial charge in [-0.2, -0.15) is 0 Å². The summed E-state index contributed by atoms with van der Waals surface area (Å²) < 4.78 is 18.2. The van der Waals surface area contributed by atoms with Gasteiger partial charge in [0.25, 0.3) is 5.91 Å². The summed E-state index contributed by atoms with van der Waals surface area (Å²) in [4.78, 5) is 55.8. The molecule has 1 aliphatic heterocycles. The molecule has 12 heteroatoms. The van der Waals surface area contributed by atoms with Crippen LogP contribution >= 0.6 is 0 Å². The van der Waals surface area contributed by atoms with Crippen molar-refractivity contribution in [1.29, 1.82) is 0 Å². The van der Waals surface area contributed by atoms with Gasteiger partial charge in [-0.1, -0.05) is 84.5 Å². The smallest absolute Gasteiger partial charge is 0.325 e. The van der Waals surface area contributed by atoms with Crippen LogP contribution in [-0.2, 0) is 41.5 Å². The lowest BCUT2D eigenvalue weighted by molar-refractivity contribution is -0.157. The van der Waals surface area contributed by atoms with E-state index in [1.165, 1.54) is 5.01 Å². The van der Waals surface area contributed by atoms with Crippen LogP contribution in [0.5, 0.6) is 5.75 Å². The number of hydrazine groups is 1. The number of rotatable bonds is 18. The number of hydrogen-bond donors (Lipinski definition) is 3. The molecule has 0 radical (unpaired) electrons. The lowest BCUT2D eigenvalue weighted by Crippen LogP contribution is -2.62. The Balaban J connectivity index is 1.56. The number of esters is 1. The van der Waals surface area contributed by atoms with Crippen molar-refractivity contribution in [2.45, 2.75) is 135 Å². The number of methoxy groups -OCH3 is 1. The van der Waals surface area contributed by atoms with Crippen molar-refractivity contribution < 1.29 is 33.1 Å². The largest absolute Gasteiger partial charge is 0.543 e. The number of hydrogen-bond acceptors (Lipinski definition) is 8. The molecule has 0 bridgehead atoms. The van der Waals surface area contributed by atoms with Gasteiger partial charge in [0.15, 0.2) is 0 Å². The van der Waals surface area contributed by atoms with Crippen LogP contribution < -0.4 is 20.5 Å². The summed E-state index contributed by atoms with van der Waals surface area (Å²) in [7, 11) is -0.601. The van der Waals surface area contributed by atoms with E-state index in [1.54, 1.807) is 26.2 Å². The van der Waals surface area contributed by atoms with Gasteiger partial charge in [0.05, 0.1) is 12.0 Å². The van der Waals surface area contributed by atoms with E-state index in [1.807, 2.05) is 50.2 Å². The molecule has 2 aromatic rings. The monoisotopic (exact) mass is 802 g/mol. The molecule has 4 rings (SSSR count). The van der Waals surface area contributed by atoms with Crippen molar-refractivity contribution in [1.82, 2.24) is 21.1 Å². The fourth-order valence-corrected chi connectivity index (χ4v) is 8.10. The van der Waals surface area contributed by atoms with E-state index >= 15 is 0 Å². The molecule has 3 N–H and O–H groups in total. The van der Waals surface area contributed by atoms with E-state index in [2.05, 4.69) is 69.1 Å². The van der Waals surface area contributed by atoms with Gasteiger partial charge < -0.3 is 24.5 Å². The quantitative estimate of drug-likeness (QED) is 0.0817. The van der Waals surface area contributed by atoms with Gasteiger partial charge in [-0.15, -0.1) is 6.58 Å². The Kier molecular flexibility index (Phi) is 15.9. The highest BCUT2D eigenvalue weighted by Crippen LogP contribution is 2.38. The first-order valence-electron chi connectivity index (χ1n) is 20.4. The molecule has 1 aliphatic carbocycles.